The Morgan fingerprint density at radius 3 is 2.74 bits per heavy atom. The molecule has 0 radical (unpaired) electrons. The average molecular weight is 344 g/mol. The van der Waals surface area contributed by atoms with E-state index in [-0.39, 0.29) is 5.03 Å². The fourth-order valence-electron chi connectivity index (χ4n) is 1.57. The van der Waals surface area contributed by atoms with E-state index in [0.29, 0.717) is 12.2 Å². The maximum absolute atomic E-state index is 12.1. The van der Waals surface area contributed by atoms with Crippen LogP contribution in [0.5, 0.6) is 0 Å². The van der Waals surface area contributed by atoms with Gasteiger partial charge in [-0.05, 0) is 37.6 Å². The van der Waals surface area contributed by atoms with Crippen molar-refractivity contribution in [2.45, 2.75) is 25.4 Å². The number of hydrogen-bond acceptors (Lipinski definition) is 3. The highest BCUT2D eigenvalue weighted by atomic mass is 79.9. The van der Waals surface area contributed by atoms with Crippen LogP contribution in [0.1, 0.15) is 12.5 Å². The van der Waals surface area contributed by atoms with Crippen LogP contribution in [0.4, 0.5) is 5.69 Å². The molecule has 0 bridgehead atoms. The zero-order valence-electron chi connectivity index (χ0n) is 10.6. The van der Waals surface area contributed by atoms with E-state index in [4.69, 9.17) is 0 Å². The Morgan fingerprint density at radius 1 is 1.42 bits per heavy atom. The third kappa shape index (κ3) is 3.16. The Labute approximate surface area is 120 Å². The fraction of sp³-hybridized carbons (Fsp3) is 0.250. The van der Waals surface area contributed by atoms with E-state index in [9.17, 15) is 8.42 Å². The lowest BCUT2D eigenvalue weighted by Crippen LogP contribution is -2.13. The van der Waals surface area contributed by atoms with Crippen molar-refractivity contribution in [2.24, 2.45) is 0 Å². The molecule has 1 N–H and O–H groups in total. The summed E-state index contributed by atoms with van der Waals surface area (Å²) >= 11 is 3.37. The first-order valence-electron chi connectivity index (χ1n) is 5.73. The van der Waals surface area contributed by atoms with Gasteiger partial charge >= 0.3 is 0 Å². The van der Waals surface area contributed by atoms with Gasteiger partial charge in [0.15, 0.2) is 5.03 Å². The summed E-state index contributed by atoms with van der Waals surface area (Å²) in [4.78, 5) is 3.90. The fourth-order valence-corrected chi connectivity index (χ4v) is 2.82. The third-order valence-corrected chi connectivity index (χ3v) is 4.82. The number of hydrogen-bond donors (Lipinski definition) is 1. The number of anilines is 1. The predicted molar refractivity (Wildman–Crippen MR) is 77.6 cm³/mol. The molecule has 5 nitrogen and oxygen atoms in total. The molecule has 0 saturated carbocycles. The number of aromatic nitrogens is 2. The predicted octanol–water partition coefficient (Wildman–Crippen LogP) is 2.77. The molecule has 19 heavy (non-hydrogen) atoms. The summed E-state index contributed by atoms with van der Waals surface area (Å²) in [5.74, 6) is 0. The van der Waals surface area contributed by atoms with Gasteiger partial charge in [-0.3, -0.25) is 4.72 Å². The normalized spacial score (nSPS) is 11.5. The molecule has 0 aliphatic heterocycles. The van der Waals surface area contributed by atoms with Crippen molar-refractivity contribution >= 4 is 31.6 Å². The van der Waals surface area contributed by atoms with Gasteiger partial charge in [0.05, 0.1) is 6.33 Å². The van der Waals surface area contributed by atoms with E-state index in [1.165, 1.54) is 12.5 Å². The van der Waals surface area contributed by atoms with Gasteiger partial charge in [0, 0.05) is 22.9 Å². The van der Waals surface area contributed by atoms with E-state index in [1.54, 1.807) is 22.8 Å². The van der Waals surface area contributed by atoms with Gasteiger partial charge in [-0.2, -0.15) is 8.42 Å². The van der Waals surface area contributed by atoms with Gasteiger partial charge in [0.2, 0.25) is 0 Å². The van der Waals surface area contributed by atoms with E-state index in [2.05, 4.69) is 25.6 Å². The van der Waals surface area contributed by atoms with Gasteiger partial charge in [-0.15, -0.1) is 0 Å². The molecule has 2 aromatic rings. The van der Waals surface area contributed by atoms with Crippen molar-refractivity contribution in [3.8, 4) is 0 Å². The SMILES string of the molecule is CCn1cnc(S(=O)(=O)Nc2ccc(Br)c(C)c2)c1. The first-order chi connectivity index (χ1) is 8.92. The first kappa shape index (κ1) is 14.1. The Balaban J connectivity index is 2.28. The van der Waals surface area contributed by atoms with Crippen LogP contribution < -0.4 is 4.72 Å². The van der Waals surface area contributed by atoms with Crippen LogP contribution in [-0.4, -0.2) is 18.0 Å². The van der Waals surface area contributed by atoms with Crippen LogP contribution >= 0.6 is 15.9 Å². The van der Waals surface area contributed by atoms with Crippen molar-refractivity contribution in [3.63, 3.8) is 0 Å². The van der Waals surface area contributed by atoms with Gasteiger partial charge in [0.1, 0.15) is 0 Å². The minimum atomic E-state index is -3.63. The van der Waals surface area contributed by atoms with Gasteiger partial charge in [-0.25, -0.2) is 4.98 Å². The van der Waals surface area contributed by atoms with E-state index >= 15 is 0 Å². The number of benzene rings is 1. The van der Waals surface area contributed by atoms with Crippen LogP contribution in [0.15, 0.2) is 40.2 Å². The number of halogens is 1. The van der Waals surface area contributed by atoms with Crippen LogP contribution in [0.3, 0.4) is 0 Å². The van der Waals surface area contributed by atoms with E-state index < -0.39 is 10.0 Å². The topological polar surface area (TPSA) is 64.0 Å². The lowest BCUT2D eigenvalue weighted by Gasteiger charge is -2.07. The molecule has 0 atom stereocenters. The second-order valence-electron chi connectivity index (χ2n) is 4.11. The third-order valence-electron chi connectivity index (χ3n) is 2.66. The van der Waals surface area contributed by atoms with Crippen molar-refractivity contribution in [2.75, 3.05) is 4.72 Å². The zero-order valence-corrected chi connectivity index (χ0v) is 13.0. The summed E-state index contributed by atoms with van der Waals surface area (Å²) in [5, 5.41) is 0.0231. The summed E-state index contributed by atoms with van der Waals surface area (Å²) in [6, 6.07) is 5.27. The van der Waals surface area contributed by atoms with Gasteiger partial charge in [0.25, 0.3) is 10.0 Å². The number of aryl methyl sites for hydroxylation is 2. The Kier molecular flexibility index (Phi) is 3.96. The van der Waals surface area contributed by atoms with E-state index in [0.717, 1.165) is 10.0 Å². The smallest absolute Gasteiger partial charge is 0.280 e. The molecule has 102 valence electrons. The largest absolute Gasteiger partial charge is 0.336 e. The molecule has 2 rings (SSSR count). The molecule has 1 aromatic carbocycles. The highest BCUT2D eigenvalue weighted by Gasteiger charge is 2.17. The molecule has 0 spiro atoms. The van der Waals surface area contributed by atoms with Gasteiger partial charge < -0.3 is 4.57 Å². The maximum atomic E-state index is 12.1. The Hall–Kier alpha value is -1.34. The zero-order chi connectivity index (χ0) is 14.0. The standard InChI is InChI=1S/C12H14BrN3O2S/c1-3-16-7-12(14-8-16)19(17,18)15-10-4-5-11(13)9(2)6-10/h4-8,15H,3H2,1-2H3. The molecule has 0 aliphatic rings. The van der Waals surface area contributed by atoms with Crippen molar-refractivity contribution in [1.82, 2.24) is 9.55 Å². The lowest BCUT2D eigenvalue weighted by molar-refractivity contribution is 0.598. The minimum Gasteiger partial charge on any atom is -0.336 e. The van der Waals surface area contributed by atoms with Crippen LogP contribution in [-0.2, 0) is 16.6 Å². The lowest BCUT2D eigenvalue weighted by atomic mass is 10.2. The summed E-state index contributed by atoms with van der Waals surface area (Å²) in [6.45, 7) is 4.50. The molecule has 1 heterocycles. The summed E-state index contributed by atoms with van der Waals surface area (Å²) in [5.41, 5.74) is 1.48. The van der Waals surface area contributed by atoms with E-state index in [1.807, 2.05) is 13.8 Å². The first-order valence-corrected chi connectivity index (χ1v) is 8.00. The van der Waals surface area contributed by atoms with Crippen LogP contribution in [0, 0.1) is 6.92 Å². The second kappa shape index (κ2) is 5.34. The number of rotatable bonds is 4. The molecule has 1 aromatic heterocycles. The van der Waals surface area contributed by atoms with Crippen molar-refractivity contribution in [3.05, 3.63) is 40.8 Å². The molecule has 0 unspecified atom stereocenters. The summed E-state index contributed by atoms with van der Waals surface area (Å²) < 4.78 is 29.4. The molecule has 0 saturated heterocycles. The Morgan fingerprint density at radius 2 is 2.16 bits per heavy atom. The quantitative estimate of drug-likeness (QED) is 0.928. The highest BCUT2D eigenvalue weighted by Crippen LogP contribution is 2.22. The molecule has 7 heteroatoms. The number of nitrogens with zero attached hydrogens (tertiary/aromatic N) is 2. The summed E-state index contributed by atoms with van der Waals surface area (Å²) in [6.07, 6.45) is 3.01. The average Bonchev–Trinajstić information content (AvgIpc) is 2.83. The second-order valence-corrected chi connectivity index (χ2v) is 6.60. The maximum Gasteiger partial charge on any atom is 0.280 e. The Bertz CT molecular complexity index is 695. The molecule has 0 amide bonds. The number of sulfonamides is 1. The number of nitrogens with one attached hydrogen (secondary N) is 1. The van der Waals surface area contributed by atoms with Crippen LogP contribution in [0.2, 0.25) is 0 Å². The van der Waals surface area contributed by atoms with Crippen LogP contribution in [0.25, 0.3) is 0 Å². The highest BCUT2D eigenvalue weighted by molar-refractivity contribution is 9.10. The monoisotopic (exact) mass is 343 g/mol. The summed E-state index contributed by atoms with van der Waals surface area (Å²) in [7, 11) is -3.63. The number of imidazole rings is 1. The molecule has 0 aliphatic carbocycles. The molecular formula is C12H14BrN3O2S. The molecular weight excluding hydrogens is 330 g/mol. The minimum absolute atomic E-state index is 0.0231. The van der Waals surface area contributed by atoms with Crippen molar-refractivity contribution < 1.29 is 8.42 Å². The molecule has 0 fully saturated rings. The van der Waals surface area contributed by atoms with Crippen molar-refractivity contribution in [1.29, 1.82) is 0 Å². The van der Waals surface area contributed by atoms with Gasteiger partial charge in [-0.1, -0.05) is 15.9 Å².